The Morgan fingerprint density at radius 3 is 2.73 bits per heavy atom. The molecule has 0 aromatic carbocycles. The molecule has 0 N–H and O–H groups in total. The summed E-state index contributed by atoms with van der Waals surface area (Å²) in [6.07, 6.45) is 2.79. The van der Waals surface area contributed by atoms with Gasteiger partial charge in [0.2, 0.25) is 5.82 Å². The first-order valence-corrected chi connectivity index (χ1v) is 2.71. The molecular weight excluding hydrogens is 146 g/mol. The molecule has 0 fully saturated rings. The number of hydrogen-bond acceptors (Lipinski definition) is 3. The van der Waals surface area contributed by atoms with E-state index in [1.54, 1.807) is 6.07 Å². The minimum absolute atomic E-state index is 0.0923. The van der Waals surface area contributed by atoms with Crippen LogP contribution in [0, 0.1) is 0 Å². The Morgan fingerprint density at radius 1 is 1.55 bits per heavy atom. The SMILES string of the molecule is [N-]=[N+]=NC(=O)c1ncccn1. The Bertz CT molecular complexity index is 302. The summed E-state index contributed by atoms with van der Waals surface area (Å²) in [4.78, 5) is 20.2. The summed E-state index contributed by atoms with van der Waals surface area (Å²) in [6, 6.07) is 1.56. The summed E-state index contributed by atoms with van der Waals surface area (Å²) in [6.45, 7) is 0. The molecule has 54 valence electrons. The van der Waals surface area contributed by atoms with E-state index in [1.165, 1.54) is 12.4 Å². The molecule has 1 aromatic heterocycles. The summed E-state index contributed by atoms with van der Waals surface area (Å²) in [5.41, 5.74) is 7.88. The third-order valence-electron chi connectivity index (χ3n) is 0.893. The molecule has 1 rings (SSSR count). The van der Waals surface area contributed by atoms with E-state index >= 15 is 0 Å². The number of aromatic nitrogens is 2. The van der Waals surface area contributed by atoms with Crippen molar-refractivity contribution in [3.05, 3.63) is 34.7 Å². The Morgan fingerprint density at radius 2 is 2.18 bits per heavy atom. The molecular formula is C5H3N5O. The highest BCUT2D eigenvalue weighted by atomic mass is 16.2. The second-order valence-electron chi connectivity index (χ2n) is 1.57. The second-order valence-corrected chi connectivity index (χ2v) is 1.57. The molecule has 6 heteroatoms. The van der Waals surface area contributed by atoms with Crippen LogP contribution in [0.5, 0.6) is 0 Å². The number of rotatable bonds is 1. The van der Waals surface area contributed by atoms with E-state index in [1.807, 2.05) is 0 Å². The van der Waals surface area contributed by atoms with Crippen molar-refractivity contribution in [2.45, 2.75) is 0 Å². The average molecular weight is 149 g/mol. The first-order chi connectivity index (χ1) is 5.34. The summed E-state index contributed by atoms with van der Waals surface area (Å²) in [5, 5.41) is 2.81. The maximum atomic E-state index is 10.7. The molecule has 1 heterocycles. The van der Waals surface area contributed by atoms with Crippen LogP contribution in [-0.2, 0) is 0 Å². The van der Waals surface area contributed by atoms with Crippen LogP contribution in [0.15, 0.2) is 23.6 Å². The van der Waals surface area contributed by atoms with Gasteiger partial charge in [-0.1, -0.05) is 0 Å². The van der Waals surface area contributed by atoms with E-state index in [4.69, 9.17) is 5.53 Å². The van der Waals surface area contributed by atoms with Gasteiger partial charge in [0.25, 0.3) is 5.91 Å². The van der Waals surface area contributed by atoms with Gasteiger partial charge < -0.3 is 0 Å². The predicted molar refractivity (Wildman–Crippen MR) is 35.5 cm³/mol. The molecule has 0 aliphatic carbocycles. The van der Waals surface area contributed by atoms with Gasteiger partial charge in [0.15, 0.2) is 0 Å². The summed E-state index contributed by atoms with van der Waals surface area (Å²) in [7, 11) is 0. The highest BCUT2D eigenvalue weighted by molar-refractivity contribution is 5.90. The van der Waals surface area contributed by atoms with Crippen LogP contribution in [0.2, 0.25) is 0 Å². The lowest BCUT2D eigenvalue weighted by atomic mass is 10.5. The van der Waals surface area contributed by atoms with Gasteiger partial charge in [-0.15, -0.1) is 0 Å². The summed E-state index contributed by atoms with van der Waals surface area (Å²) in [5.74, 6) is -0.863. The fourth-order valence-corrected chi connectivity index (χ4v) is 0.495. The minimum Gasteiger partial charge on any atom is -0.283 e. The number of hydrogen-bond donors (Lipinski definition) is 0. The monoisotopic (exact) mass is 149 g/mol. The van der Waals surface area contributed by atoms with Crippen molar-refractivity contribution < 1.29 is 4.79 Å². The third kappa shape index (κ3) is 1.74. The van der Waals surface area contributed by atoms with Crippen molar-refractivity contribution >= 4 is 5.91 Å². The molecule has 0 aliphatic heterocycles. The lowest BCUT2D eigenvalue weighted by Gasteiger charge is -1.87. The zero-order chi connectivity index (χ0) is 8.10. The smallest absolute Gasteiger partial charge is 0.283 e. The van der Waals surface area contributed by atoms with Gasteiger partial charge in [0.05, 0.1) is 0 Å². The molecule has 0 aliphatic rings. The largest absolute Gasteiger partial charge is 0.286 e. The maximum absolute atomic E-state index is 10.7. The summed E-state index contributed by atoms with van der Waals surface area (Å²) < 4.78 is 0. The van der Waals surface area contributed by atoms with Crippen LogP contribution < -0.4 is 0 Å². The highest BCUT2D eigenvalue weighted by Gasteiger charge is 2.02. The van der Waals surface area contributed by atoms with Gasteiger partial charge in [-0.25, -0.2) is 9.97 Å². The average Bonchev–Trinajstić information content (AvgIpc) is 2.07. The van der Waals surface area contributed by atoms with E-state index in [0.29, 0.717) is 0 Å². The van der Waals surface area contributed by atoms with Crippen LogP contribution >= 0.6 is 0 Å². The molecule has 0 spiro atoms. The number of carbonyl (C=O) groups excluding carboxylic acids is 1. The Labute approximate surface area is 61.5 Å². The van der Waals surface area contributed by atoms with E-state index in [-0.39, 0.29) is 5.82 Å². The third-order valence-corrected chi connectivity index (χ3v) is 0.893. The maximum Gasteiger partial charge on any atom is 0.286 e. The zero-order valence-electron chi connectivity index (χ0n) is 5.38. The molecule has 0 radical (unpaired) electrons. The molecule has 1 amide bonds. The van der Waals surface area contributed by atoms with Crippen LogP contribution in [-0.4, -0.2) is 15.9 Å². The molecule has 11 heavy (non-hydrogen) atoms. The van der Waals surface area contributed by atoms with Crippen molar-refractivity contribution in [2.75, 3.05) is 0 Å². The van der Waals surface area contributed by atoms with E-state index in [0.717, 1.165) is 0 Å². The number of nitrogens with zero attached hydrogens (tertiary/aromatic N) is 5. The standard InChI is InChI=1S/C5H3N5O/c6-10-9-5(11)4-7-2-1-3-8-4/h1-3H. The molecule has 0 atom stereocenters. The minimum atomic E-state index is -0.770. The Hall–Kier alpha value is -1.94. The fourth-order valence-electron chi connectivity index (χ4n) is 0.495. The lowest BCUT2D eigenvalue weighted by Crippen LogP contribution is -1.99. The molecule has 1 aromatic rings. The second kappa shape index (κ2) is 3.28. The predicted octanol–water partition coefficient (Wildman–Crippen LogP) is 0.927. The van der Waals surface area contributed by atoms with Crippen LogP contribution in [0.4, 0.5) is 0 Å². The van der Waals surface area contributed by atoms with Gasteiger partial charge in [0.1, 0.15) is 0 Å². The van der Waals surface area contributed by atoms with Crippen molar-refractivity contribution in [3.8, 4) is 0 Å². The van der Waals surface area contributed by atoms with Crippen molar-refractivity contribution in [1.29, 1.82) is 0 Å². The van der Waals surface area contributed by atoms with Crippen molar-refractivity contribution in [3.63, 3.8) is 0 Å². The molecule has 0 saturated carbocycles. The first kappa shape index (κ1) is 7.17. The van der Waals surface area contributed by atoms with Crippen LogP contribution in [0.25, 0.3) is 10.4 Å². The molecule has 0 saturated heterocycles. The summed E-state index contributed by atoms with van der Waals surface area (Å²) >= 11 is 0. The van der Waals surface area contributed by atoms with Gasteiger partial charge in [0, 0.05) is 17.3 Å². The molecule has 0 bridgehead atoms. The van der Waals surface area contributed by atoms with Gasteiger partial charge in [-0.2, -0.15) is 0 Å². The Kier molecular flexibility index (Phi) is 2.14. The van der Waals surface area contributed by atoms with Gasteiger partial charge >= 0.3 is 0 Å². The van der Waals surface area contributed by atoms with Crippen molar-refractivity contribution in [1.82, 2.24) is 9.97 Å². The normalized spacial score (nSPS) is 8.36. The van der Waals surface area contributed by atoms with Gasteiger partial charge in [-0.05, 0) is 16.7 Å². The number of azide groups is 1. The van der Waals surface area contributed by atoms with Crippen molar-refractivity contribution in [2.24, 2.45) is 5.11 Å². The topological polar surface area (TPSA) is 91.6 Å². The molecule has 6 nitrogen and oxygen atoms in total. The fraction of sp³-hybridized carbons (Fsp3) is 0. The van der Waals surface area contributed by atoms with Gasteiger partial charge in [-0.3, -0.25) is 4.79 Å². The van der Waals surface area contributed by atoms with Crippen LogP contribution in [0.3, 0.4) is 0 Å². The van der Waals surface area contributed by atoms with E-state index < -0.39 is 5.91 Å². The number of amides is 1. The van der Waals surface area contributed by atoms with Crippen LogP contribution in [0.1, 0.15) is 10.6 Å². The quantitative estimate of drug-likeness (QED) is 0.337. The zero-order valence-corrected chi connectivity index (χ0v) is 5.38. The Balaban J connectivity index is 2.94. The number of carbonyl (C=O) groups is 1. The molecule has 0 unspecified atom stereocenters. The van der Waals surface area contributed by atoms with E-state index in [9.17, 15) is 4.79 Å². The van der Waals surface area contributed by atoms with E-state index in [2.05, 4.69) is 20.0 Å². The lowest BCUT2D eigenvalue weighted by molar-refractivity contribution is 0.0990. The highest BCUT2D eigenvalue weighted by Crippen LogP contribution is 1.90. The first-order valence-electron chi connectivity index (χ1n) is 2.71.